The van der Waals surface area contributed by atoms with Crippen LogP contribution in [0.4, 0.5) is 16.2 Å². The van der Waals surface area contributed by atoms with E-state index in [-0.39, 0.29) is 11.0 Å². The predicted octanol–water partition coefficient (Wildman–Crippen LogP) is 2.33. The summed E-state index contributed by atoms with van der Waals surface area (Å²) in [4.78, 5) is 13.3. The van der Waals surface area contributed by atoms with E-state index in [4.69, 9.17) is 10.5 Å². The van der Waals surface area contributed by atoms with Crippen molar-refractivity contribution < 1.29 is 17.9 Å². The zero-order chi connectivity index (χ0) is 19.2. The fourth-order valence-electron chi connectivity index (χ4n) is 3.66. The van der Waals surface area contributed by atoms with E-state index in [1.54, 1.807) is 36.4 Å². The summed E-state index contributed by atoms with van der Waals surface area (Å²) >= 11 is 0. The first kappa shape index (κ1) is 17.7. The van der Waals surface area contributed by atoms with E-state index < -0.39 is 16.1 Å². The van der Waals surface area contributed by atoms with Gasteiger partial charge in [0.25, 0.3) is 10.0 Å². The molecule has 1 aliphatic carbocycles. The Morgan fingerprint density at radius 3 is 2.22 bits per heavy atom. The lowest BCUT2D eigenvalue weighted by molar-refractivity contribution is 0.137. The molecule has 27 heavy (non-hydrogen) atoms. The quantitative estimate of drug-likeness (QED) is 0.820. The second-order valence-corrected chi connectivity index (χ2v) is 8.78. The highest BCUT2D eigenvalue weighted by Crippen LogP contribution is 2.48. The summed E-state index contributed by atoms with van der Waals surface area (Å²) in [6, 6.07) is 14.0. The number of primary amides is 1. The summed E-state index contributed by atoms with van der Waals surface area (Å²) < 4.78 is 32.6. The van der Waals surface area contributed by atoms with Gasteiger partial charge in [0.15, 0.2) is 0 Å². The van der Waals surface area contributed by atoms with Gasteiger partial charge in [0.1, 0.15) is 6.10 Å². The molecule has 3 N–H and O–H groups in total. The number of benzene rings is 2. The highest BCUT2D eigenvalue weighted by atomic mass is 32.2. The molecule has 1 heterocycles. The highest BCUT2D eigenvalue weighted by molar-refractivity contribution is 7.92. The lowest BCUT2D eigenvalue weighted by Gasteiger charge is -2.22. The Balaban J connectivity index is 1.39. The van der Waals surface area contributed by atoms with Crippen molar-refractivity contribution in [3.8, 4) is 0 Å². The molecule has 0 spiro atoms. The number of aryl methyl sites for hydroxylation is 1. The van der Waals surface area contributed by atoms with Crippen LogP contribution in [0.3, 0.4) is 0 Å². The number of anilines is 2. The first-order valence-corrected chi connectivity index (χ1v) is 10.2. The maximum Gasteiger partial charge on any atom is 0.404 e. The molecular weight excluding hydrogens is 366 g/mol. The zero-order valence-electron chi connectivity index (χ0n) is 14.8. The third-order valence-electron chi connectivity index (χ3n) is 5.18. The number of nitrogens with zero attached hydrogens (tertiary/aromatic N) is 1. The number of rotatable bonds is 5. The van der Waals surface area contributed by atoms with E-state index in [9.17, 15) is 13.2 Å². The van der Waals surface area contributed by atoms with Crippen molar-refractivity contribution in [2.75, 3.05) is 22.7 Å². The molecule has 4 rings (SSSR count). The molecule has 2 aliphatic rings. The molecule has 0 bridgehead atoms. The van der Waals surface area contributed by atoms with Crippen LogP contribution in [0.25, 0.3) is 0 Å². The van der Waals surface area contributed by atoms with Gasteiger partial charge in [-0.2, -0.15) is 0 Å². The number of nitrogens with one attached hydrogen (secondary N) is 1. The van der Waals surface area contributed by atoms with Crippen LogP contribution >= 0.6 is 0 Å². The minimum absolute atomic E-state index is 0.0562. The van der Waals surface area contributed by atoms with Gasteiger partial charge in [-0.1, -0.05) is 17.7 Å². The summed E-state index contributed by atoms with van der Waals surface area (Å²) in [5.41, 5.74) is 7.60. The number of carbonyl (C=O) groups is 1. The number of hydrogen-bond acceptors (Lipinski definition) is 5. The Bertz CT molecular complexity index is 945. The van der Waals surface area contributed by atoms with E-state index >= 15 is 0 Å². The van der Waals surface area contributed by atoms with Gasteiger partial charge in [-0.15, -0.1) is 0 Å². The van der Waals surface area contributed by atoms with Crippen molar-refractivity contribution in [3.63, 3.8) is 0 Å². The number of nitrogens with two attached hydrogens (primary N) is 1. The maximum absolute atomic E-state index is 12.5. The van der Waals surface area contributed by atoms with Crippen LogP contribution in [-0.4, -0.2) is 33.7 Å². The largest absolute Gasteiger partial charge is 0.446 e. The number of sulfonamides is 1. The molecule has 0 aromatic heterocycles. The molecule has 1 aliphatic heterocycles. The van der Waals surface area contributed by atoms with Gasteiger partial charge in [0.2, 0.25) is 0 Å². The predicted molar refractivity (Wildman–Crippen MR) is 102 cm³/mol. The third kappa shape index (κ3) is 3.57. The molecular formula is C19H21N3O4S. The van der Waals surface area contributed by atoms with Crippen molar-refractivity contribution in [3.05, 3.63) is 54.1 Å². The van der Waals surface area contributed by atoms with Gasteiger partial charge in [0, 0.05) is 36.3 Å². The number of piperidine rings is 1. The summed E-state index contributed by atoms with van der Waals surface area (Å²) in [5.74, 6) is 0.662. The van der Waals surface area contributed by atoms with Gasteiger partial charge in [-0.25, -0.2) is 13.2 Å². The van der Waals surface area contributed by atoms with Crippen LogP contribution in [0.15, 0.2) is 53.4 Å². The summed E-state index contributed by atoms with van der Waals surface area (Å²) in [5, 5.41) is 0. The lowest BCUT2D eigenvalue weighted by Crippen LogP contribution is -2.28. The van der Waals surface area contributed by atoms with Crippen LogP contribution in [0.5, 0.6) is 0 Å². The number of ether oxygens (including phenoxy) is 1. The van der Waals surface area contributed by atoms with Crippen molar-refractivity contribution in [2.45, 2.75) is 17.9 Å². The second kappa shape index (κ2) is 6.45. The normalized spacial score (nSPS) is 23.6. The summed E-state index contributed by atoms with van der Waals surface area (Å²) in [6.07, 6.45) is -0.773. The minimum Gasteiger partial charge on any atom is -0.446 e. The molecule has 142 valence electrons. The van der Waals surface area contributed by atoms with Crippen molar-refractivity contribution in [1.82, 2.24) is 0 Å². The average molecular weight is 387 g/mol. The Labute approximate surface area is 158 Å². The second-order valence-electron chi connectivity index (χ2n) is 7.10. The Hall–Kier alpha value is -2.74. The first-order chi connectivity index (χ1) is 12.8. The molecule has 8 heteroatoms. The number of amides is 1. The molecule has 2 aromatic rings. The molecule has 1 amide bonds. The Morgan fingerprint density at radius 1 is 1.07 bits per heavy atom. The van der Waals surface area contributed by atoms with Crippen molar-refractivity contribution in [2.24, 2.45) is 17.6 Å². The summed E-state index contributed by atoms with van der Waals surface area (Å²) in [7, 11) is -3.61. The molecule has 1 saturated carbocycles. The minimum atomic E-state index is -3.61. The van der Waals surface area contributed by atoms with Crippen LogP contribution in [0, 0.1) is 18.8 Å². The zero-order valence-corrected chi connectivity index (χ0v) is 15.6. The van der Waals surface area contributed by atoms with Crippen LogP contribution in [0.1, 0.15) is 5.56 Å². The third-order valence-corrected chi connectivity index (χ3v) is 6.58. The molecule has 2 unspecified atom stereocenters. The van der Waals surface area contributed by atoms with Gasteiger partial charge >= 0.3 is 6.09 Å². The molecule has 0 radical (unpaired) electrons. The van der Waals surface area contributed by atoms with Crippen LogP contribution < -0.4 is 15.4 Å². The topological polar surface area (TPSA) is 102 Å². The smallest absolute Gasteiger partial charge is 0.404 e. The first-order valence-electron chi connectivity index (χ1n) is 8.74. The molecule has 2 atom stereocenters. The van der Waals surface area contributed by atoms with Gasteiger partial charge in [0.05, 0.1) is 4.90 Å². The van der Waals surface area contributed by atoms with Crippen LogP contribution in [0.2, 0.25) is 0 Å². The van der Waals surface area contributed by atoms with E-state index in [1.807, 2.05) is 19.1 Å². The maximum atomic E-state index is 12.5. The Morgan fingerprint density at radius 2 is 1.67 bits per heavy atom. The standard InChI is InChI=1S/C19H21N3O4S/c1-12-2-8-15(9-3-12)27(24,25)21-13-4-6-14(7-5-13)22-10-16-17(11-22)18(16)26-19(20)23/h2-9,16-18,21H,10-11H2,1H3,(H2,20,23). The van der Waals surface area contributed by atoms with E-state index in [0.29, 0.717) is 17.5 Å². The van der Waals surface area contributed by atoms with Crippen molar-refractivity contribution in [1.29, 1.82) is 0 Å². The number of carbonyl (C=O) groups excluding carboxylic acids is 1. The average Bonchev–Trinajstić information content (AvgIpc) is 3.04. The molecule has 2 fully saturated rings. The fourth-order valence-corrected chi connectivity index (χ4v) is 4.72. The lowest BCUT2D eigenvalue weighted by atomic mass is 10.2. The van der Waals surface area contributed by atoms with E-state index in [1.165, 1.54) is 0 Å². The number of fused-ring (bicyclic) bond motifs is 1. The van der Waals surface area contributed by atoms with Crippen molar-refractivity contribution >= 4 is 27.5 Å². The summed E-state index contributed by atoms with van der Waals surface area (Å²) in [6.45, 7) is 3.52. The fraction of sp³-hybridized carbons (Fsp3) is 0.316. The SMILES string of the molecule is Cc1ccc(S(=O)(=O)Nc2ccc(N3CC4C(C3)C4OC(N)=O)cc2)cc1. The molecule has 2 aromatic carbocycles. The van der Waals surface area contributed by atoms with Crippen LogP contribution in [-0.2, 0) is 14.8 Å². The van der Waals surface area contributed by atoms with E-state index in [0.717, 1.165) is 24.3 Å². The van der Waals surface area contributed by atoms with Gasteiger partial charge in [-0.05, 0) is 43.3 Å². The monoisotopic (exact) mass is 387 g/mol. The highest BCUT2D eigenvalue weighted by Gasteiger charge is 2.58. The molecule has 1 saturated heterocycles. The number of hydrogen-bond donors (Lipinski definition) is 2. The van der Waals surface area contributed by atoms with Gasteiger partial charge in [-0.3, -0.25) is 4.72 Å². The molecule has 7 nitrogen and oxygen atoms in total. The Kier molecular flexibility index (Phi) is 4.22. The van der Waals surface area contributed by atoms with Gasteiger partial charge < -0.3 is 15.4 Å². The van der Waals surface area contributed by atoms with E-state index in [2.05, 4.69) is 9.62 Å².